The number of ether oxygens (including phenoxy) is 3. The van der Waals surface area contributed by atoms with Crippen LogP contribution in [0.1, 0.15) is 0 Å². The summed E-state index contributed by atoms with van der Waals surface area (Å²) in [7, 11) is 1.59. The first kappa shape index (κ1) is 25.1. The zero-order valence-electron chi connectivity index (χ0n) is 13.4. The van der Waals surface area contributed by atoms with Gasteiger partial charge >= 0.3 is 5.97 Å². The van der Waals surface area contributed by atoms with Gasteiger partial charge in [-0.1, -0.05) is 0 Å². The SMILES string of the molecule is COCCOCCOCC(=O)O.O=C[C@H](O)[C@@H](O)[C@H](O)[C@H](O)CO. The molecule has 0 heterocycles. The first-order chi connectivity index (χ1) is 11.3. The number of aliphatic hydroxyl groups excluding tert-OH is 5. The second-order valence-electron chi connectivity index (χ2n) is 4.41. The molecule has 144 valence electrons. The van der Waals surface area contributed by atoms with Crippen molar-refractivity contribution >= 4 is 12.3 Å². The molecule has 0 aromatic heterocycles. The Morgan fingerprint density at radius 2 is 1.54 bits per heavy atom. The molecule has 0 aliphatic rings. The van der Waals surface area contributed by atoms with Gasteiger partial charge in [0.15, 0.2) is 6.29 Å². The smallest absolute Gasteiger partial charge is 0.329 e. The fraction of sp³-hybridized carbons (Fsp3) is 0.846. The van der Waals surface area contributed by atoms with Gasteiger partial charge in [0.25, 0.3) is 0 Å². The van der Waals surface area contributed by atoms with Crippen LogP contribution in [-0.4, -0.2) is 114 Å². The van der Waals surface area contributed by atoms with Crippen LogP contribution in [0.3, 0.4) is 0 Å². The van der Waals surface area contributed by atoms with Crippen LogP contribution in [0.5, 0.6) is 0 Å². The summed E-state index contributed by atoms with van der Waals surface area (Å²) in [5, 5.41) is 51.7. The molecule has 0 aliphatic carbocycles. The zero-order valence-corrected chi connectivity index (χ0v) is 13.4. The third kappa shape index (κ3) is 14.4. The number of hydrogen-bond acceptors (Lipinski definition) is 10. The third-order valence-electron chi connectivity index (χ3n) is 2.45. The summed E-state index contributed by atoms with van der Waals surface area (Å²) in [5.41, 5.74) is 0. The van der Waals surface area contributed by atoms with E-state index < -0.39 is 37.0 Å². The van der Waals surface area contributed by atoms with Crippen molar-refractivity contribution in [2.45, 2.75) is 24.4 Å². The average Bonchev–Trinajstić information content (AvgIpc) is 2.58. The van der Waals surface area contributed by atoms with Gasteiger partial charge in [-0.05, 0) is 0 Å². The molecule has 0 rings (SSSR count). The van der Waals surface area contributed by atoms with E-state index in [-0.39, 0.29) is 12.9 Å². The van der Waals surface area contributed by atoms with Gasteiger partial charge in [0.1, 0.15) is 31.0 Å². The largest absolute Gasteiger partial charge is 0.480 e. The second-order valence-corrected chi connectivity index (χ2v) is 4.41. The predicted molar refractivity (Wildman–Crippen MR) is 78.3 cm³/mol. The number of carboxylic acid groups (broad SMARTS) is 1. The van der Waals surface area contributed by atoms with Gasteiger partial charge in [0, 0.05) is 7.11 Å². The number of aliphatic hydroxyl groups is 5. The lowest BCUT2D eigenvalue weighted by Crippen LogP contribution is -2.46. The molecule has 0 saturated carbocycles. The Bertz CT molecular complexity index is 312. The maximum Gasteiger partial charge on any atom is 0.329 e. The van der Waals surface area contributed by atoms with E-state index in [1.165, 1.54) is 0 Å². The molecule has 0 fully saturated rings. The molecule has 24 heavy (non-hydrogen) atoms. The minimum Gasteiger partial charge on any atom is -0.480 e. The van der Waals surface area contributed by atoms with E-state index in [9.17, 15) is 9.59 Å². The van der Waals surface area contributed by atoms with Crippen molar-refractivity contribution in [3.63, 3.8) is 0 Å². The van der Waals surface area contributed by atoms with Crippen molar-refractivity contribution in [1.29, 1.82) is 0 Å². The molecule has 0 amide bonds. The van der Waals surface area contributed by atoms with Gasteiger partial charge in [-0.25, -0.2) is 4.79 Å². The predicted octanol–water partition coefficient (Wildman–Crippen LogP) is -3.63. The lowest BCUT2D eigenvalue weighted by Gasteiger charge is -2.22. The molecule has 0 aromatic carbocycles. The van der Waals surface area contributed by atoms with E-state index in [4.69, 9.17) is 44.8 Å². The van der Waals surface area contributed by atoms with E-state index in [1.807, 2.05) is 0 Å². The third-order valence-corrected chi connectivity index (χ3v) is 2.45. The summed E-state index contributed by atoms with van der Waals surface area (Å²) >= 11 is 0. The Morgan fingerprint density at radius 3 is 2.00 bits per heavy atom. The summed E-state index contributed by atoms with van der Waals surface area (Å²) in [4.78, 5) is 19.8. The molecule has 0 unspecified atom stereocenters. The van der Waals surface area contributed by atoms with Gasteiger partial charge < -0.3 is 49.6 Å². The number of carboxylic acids is 1. The molecule has 0 bridgehead atoms. The van der Waals surface area contributed by atoms with Crippen LogP contribution in [0.15, 0.2) is 0 Å². The van der Waals surface area contributed by atoms with Crippen LogP contribution in [0.4, 0.5) is 0 Å². The number of aliphatic carboxylic acids is 1. The maximum absolute atomic E-state index is 9.95. The number of aldehydes is 1. The molecular formula is C13H26O11. The van der Waals surface area contributed by atoms with Crippen LogP contribution in [0.2, 0.25) is 0 Å². The number of carbonyl (C=O) groups excluding carboxylic acids is 1. The highest BCUT2D eigenvalue weighted by Gasteiger charge is 2.29. The molecule has 0 aliphatic heterocycles. The minimum absolute atomic E-state index is 0.0258. The number of hydrogen-bond donors (Lipinski definition) is 6. The van der Waals surface area contributed by atoms with Crippen molar-refractivity contribution in [3.8, 4) is 0 Å². The molecule has 11 heteroatoms. The summed E-state index contributed by atoms with van der Waals surface area (Å²) < 4.78 is 14.4. The van der Waals surface area contributed by atoms with E-state index in [2.05, 4.69) is 0 Å². The molecule has 4 atom stereocenters. The fourth-order valence-corrected chi connectivity index (χ4v) is 1.14. The standard InChI is InChI=1S/C7H14O5.C6H12O6/c1-10-2-3-11-4-5-12-6-7(8)9;7-1-3(9)5(11)6(12)4(10)2-8/h2-6H2,1H3,(H,8,9);1,3-6,8-12H,2H2/t;3-,4+,5+,6+/m.0/s1. The Balaban J connectivity index is 0. The Labute approximate surface area is 139 Å². The molecule has 0 radical (unpaired) electrons. The summed E-state index contributed by atoms with van der Waals surface area (Å²) in [6, 6.07) is 0. The highest BCUT2D eigenvalue weighted by molar-refractivity contribution is 5.67. The minimum atomic E-state index is -1.79. The van der Waals surface area contributed by atoms with Crippen molar-refractivity contribution in [3.05, 3.63) is 0 Å². The van der Waals surface area contributed by atoms with Crippen LogP contribution in [-0.2, 0) is 23.8 Å². The molecular weight excluding hydrogens is 332 g/mol. The van der Waals surface area contributed by atoms with E-state index in [1.54, 1.807) is 7.11 Å². The van der Waals surface area contributed by atoms with Gasteiger partial charge in [0.05, 0.1) is 33.0 Å². The van der Waals surface area contributed by atoms with Crippen molar-refractivity contribution in [2.75, 3.05) is 46.8 Å². The highest BCUT2D eigenvalue weighted by Crippen LogP contribution is 2.02. The van der Waals surface area contributed by atoms with Crippen LogP contribution in [0, 0.1) is 0 Å². The van der Waals surface area contributed by atoms with E-state index in [0.717, 1.165) is 0 Å². The van der Waals surface area contributed by atoms with Crippen molar-refractivity contribution in [1.82, 2.24) is 0 Å². The first-order valence-electron chi connectivity index (χ1n) is 6.96. The summed E-state index contributed by atoms with van der Waals surface area (Å²) in [5.74, 6) is -0.966. The van der Waals surface area contributed by atoms with Crippen LogP contribution in [0.25, 0.3) is 0 Å². The van der Waals surface area contributed by atoms with Crippen molar-refractivity contribution in [2.24, 2.45) is 0 Å². The molecule has 0 aromatic rings. The Kier molecular flexibility index (Phi) is 17.4. The molecule has 0 spiro atoms. The number of rotatable bonds is 13. The highest BCUT2D eigenvalue weighted by atomic mass is 16.5. The molecule has 6 N–H and O–H groups in total. The lowest BCUT2D eigenvalue weighted by molar-refractivity contribution is -0.142. The second kappa shape index (κ2) is 16.7. The van der Waals surface area contributed by atoms with Gasteiger partial charge in [-0.3, -0.25) is 0 Å². The number of carbonyl (C=O) groups is 2. The molecule has 11 nitrogen and oxygen atoms in total. The average molecular weight is 358 g/mol. The quantitative estimate of drug-likeness (QED) is 0.141. The monoisotopic (exact) mass is 358 g/mol. The normalized spacial score (nSPS) is 15.6. The summed E-state index contributed by atoms with van der Waals surface area (Å²) in [6.07, 6.45) is -6.84. The number of methoxy groups -OCH3 is 1. The van der Waals surface area contributed by atoms with Gasteiger partial charge in [0.2, 0.25) is 0 Å². The van der Waals surface area contributed by atoms with Gasteiger partial charge in [-0.15, -0.1) is 0 Å². The van der Waals surface area contributed by atoms with Crippen LogP contribution >= 0.6 is 0 Å². The van der Waals surface area contributed by atoms with Crippen molar-refractivity contribution < 1.29 is 54.4 Å². The first-order valence-corrected chi connectivity index (χ1v) is 6.96. The molecule has 0 saturated heterocycles. The van der Waals surface area contributed by atoms with Crippen LogP contribution < -0.4 is 0 Å². The Morgan fingerprint density at radius 1 is 1.00 bits per heavy atom. The van der Waals surface area contributed by atoms with E-state index >= 15 is 0 Å². The zero-order chi connectivity index (χ0) is 19.0. The Hall–Kier alpha value is -1.18. The fourth-order valence-electron chi connectivity index (χ4n) is 1.14. The topological polar surface area (TPSA) is 183 Å². The van der Waals surface area contributed by atoms with E-state index in [0.29, 0.717) is 26.4 Å². The maximum atomic E-state index is 9.95. The van der Waals surface area contributed by atoms with Gasteiger partial charge in [-0.2, -0.15) is 0 Å². The lowest BCUT2D eigenvalue weighted by atomic mass is 10.0. The summed E-state index contributed by atoms with van der Waals surface area (Å²) in [6.45, 7) is 0.718.